The fourth-order valence-electron chi connectivity index (χ4n) is 4.52. The minimum atomic E-state index is -4.36. The molecule has 180 valence electrons. The largest absolute Gasteiger partial charge is 0.486 e. The van der Waals surface area contributed by atoms with Crippen LogP contribution in [0.3, 0.4) is 0 Å². The van der Waals surface area contributed by atoms with Gasteiger partial charge in [0.2, 0.25) is 0 Å². The van der Waals surface area contributed by atoms with E-state index in [1.807, 2.05) is 24.3 Å². The van der Waals surface area contributed by atoms with E-state index < -0.39 is 11.7 Å². The van der Waals surface area contributed by atoms with Crippen LogP contribution in [0, 0.1) is 5.92 Å². The minimum absolute atomic E-state index is 0.268. The normalized spacial score (nSPS) is 16.4. The molecule has 6 heteroatoms. The molecule has 4 rings (SSSR count). The van der Waals surface area contributed by atoms with E-state index in [2.05, 4.69) is 35.2 Å². The van der Waals surface area contributed by atoms with Crippen molar-refractivity contribution in [2.75, 3.05) is 19.6 Å². The third-order valence-electron chi connectivity index (χ3n) is 6.48. The van der Waals surface area contributed by atoms with Crippen molar-refractivity contribution >= 4 is 11.6 Å². The molecule has 0 N–H and O–H groups in total. The molecule has 1 aliphatic rings. The molecule has 1 fully saturated rings. The van der Waals surface area contributed by atoms with Gasteiger partial charge in [0.05, 0.1) is 5.56 Å². The van der Waals surface area contributed by atoms with Crippen LogP contribution in [0.1, 0.15) is 42.1 Å². The fourth-order valence-corrected chi connectivity index (χ4v) is 4.65. The Hall–Kier alpha value is -2.50. The molecule has 2 nitrogen and oxygen atoms in total. The van der Waals surface area contributed by atoms with Crippen LogP contribution in [0.4, 0.5) is 13.2 Å². The zero-order valence-electron chi connectivity index (χ0n) is 19.0. The average Bonchev–Trinajstić information content (AvgIpc) is 2.84. The van der Waals surface area contributed by atoms with Gasteiger partial charge in [0.1, 0.15) is 11.9 Å². The zero-order chi connectivity index (χ0) is 24.0. The third kappa shape index (κ3) is 7.00. The van der Waals surface area contributed by atoms with E-state index in [1.165, 1.54) is 30.5 Å². The summed E-state index contributed by atoms with van der Waals surface area (Å²) < 4.78 is 44.9. The van der Waals surface area contributed by atoms with Gasteiger partial charge in [0.15, 0.2) is 0 Å². The maximum Gasteiger partial charge on any atom is 0.416 e. The summed E-state index contributed by atoms with van der Waals surface area (Å²) in [5.41, 5.74) is 1.68. The van der Waals surface area contributed by atoms with Gasteiger partial charge in [-0.25, -0.2) is 0 Å². The molecule has 1 saturated heterocycles. The summed E-state index contributed by atoms with van der Waals surface area (Å²) in [6.45, 7) is 2.96. The summed E-state index contributed by atoms with van der Waals surface area (Å²) in [5.74, 6) is 1.13. The maximum absolute atomic E-state index is 12.9. The number of nitrogens with zero attached hydrogens (tertiary/aromatic N) is 1. The van der Waals surface area contributed by atoms with Gasteiger partial charge in [-0.2, -0.15) is 13.2 Å². The number of halogens is 4. The predicted octanol–water partition coefficient (Wildman–Crippen LogP) is 7.82. The molecule has 1 atom stereocenters. The predicted molar refractivity (Wildman–Crippen MR) is 130 cm³/mol. The standard InChI is InChI=1S/C28H29ClF3NO/c29-25-10-6-23(7-11-25)27(34-26-12-8-24(9-13-26)28(30,31)32)16-19-33-17-14-22(15-18-33)20-21-4-2-1-3-5-21/h1-13,22,27H,14-20H2. The van der Waals surface area contributed by atoms with Gasteiger partial charge in [-0.05, 0) is 85.8 Å². The number of alkyl halides is 3. The van der Waals surface area contributed by atoms with Crippen molar-refractivity contribution in [2.45, 2.75) is 38.0 Å². The smallest absolute Gasteiger partial charge is 0.416 e. The first-order valence-electron chi connectivity index (χ1n) is 11.7. The van der Waals surface area contributed by atoms with Crippen LogP contribution in [-0.2, 0) is 12.6 Å². The Morgan fingerprint density at radius 2 is 1.53 bits per heavy atom. The van der Waals surface area contributed by atoms with E-state index in [9.17, 15) is 13.2 Å². The van der Waals surface area contributed by atoms with Crippen molar-refractivity contribution in [3.05, 3.63) is 101 Å². The van der Waals surface area contributed by atoms with Crippen LogP contribution in [0.15, 0.2) is 78.9 Å². The summed E-state index contributed by atoms with van der Waals surface area (Å²) in [7, 11) is 0. The van der Waals surface area contributed by atoms with Crippen LogP contribution >= 0.6 is 11.6 Å². The Labute approximate surface area is 204 Å². The molecule has 0 aliphatic carbocycles. The van der Waals surface area contributed by atoms with Gasteiger partial charge in [0.25, 0.3) is 0 Å². The van der Waals surface area contributed by atoms with E-state index in [0.717, 1.165) is 50.2 Å². The Morgan fingerprint density at radius 1 is 0.882 bits per heavy atom. The molecule has 0 saturated carbocycles. The van der Waals surface area contributed by atoms with E-state index in [0.29, 0.717) is 16.7 Å². The van der Waals surface area contributed by atoms with Gasteiger partial charge in [-0.3, -0.25) is 0 Å². The molecule has 3 aromatic carbocycles. The number of piperidine rings is 1. The molecular formula is C28H29ClF3NO. The number of benzene rings is 3. The lowest BCUT2D eigenvalue weighted by atomic mass is 9.90. The van der Waals surface area contributed by atoms with Crippen LogP contribution in [-0.4, -0.2) is 24.5 Å². The summed E-state index contributed by atoms with van der Waals surface area (Å²) >= 11 is 6.05. The molecule has 0 radical (unpaired) electrons. The first-order chi connectivity index (χ1) is 16.4. The molecule has 34 heavy (non-hydrogen) atoms. The third-order valence-corrected chi connectivity index (χ3v) is 6.74. The molecule has 1 unspecified atom stereocenters. The summed E-state index contributed by atoms with van der Waals surface area (Å²) in [6.07, 6.45) is -0.428. The lowest BCUT2D eigenvalue weighted by Crippen LogP contribution is -2.35. The second-order valence-electron chi connectivity index (χ2n) is 8.94. The van der Waals surface area contributed by atoms with E-state index in [4.69, 9.17) is 16.3 Å². The van der Waals surface area contributed by atoms with Gasteiger partial charge >= 0.3 is 6.18 Å². The molecule has 0 aromatic heterocycles. The molecular weight excluding hydrogens is 459 g/mol. The van der Waals surface area contributed by atoms with Crippen molar-refractivity contribution in [3.8, 4) is 5.75 Å². The number of hydrogen-bond acceptors (Lipinski definition) is 2. The first kappa shape index (κ1) is 24.6. The van der Waals surface area contributed by atoms with Gasteiger partial charge in [0, 0.05) is 18.0 Å². The van der Waals surface area contributed by atoms with Crippen LogP contribution in [0.25, 0.3) is 0 Å². The second-order valence-corrected chi connectivity index (χ2v) is 9.38. The number of rotatable bonds is 8. The first-order valence-corrected chi connectivity index (χ1v) is 12.1. The van der Waals surface area contributed by atoms with Crippen molar-refractivity contribution in [3.63, 3.8) is 0 Å². The van der Waals surface area contributed by atoms with E-state index in [1.54, 1.807) is 0 Å². The maximum atomic E-state index is 12.9. The summed E-state index contributed by atoms with van der Waals surface area (Å²) in [4.78, 5) is 2.46. The van der Waals surface area contributed by atoms with Gasteiger partial charge in [-0.1, -0.05) is 54.1 Å². The fraction of sp³-hybridized carbons (Fsp3) is 0.357. The zero-order valence-corrected chi connectivity index (χ0v) is 19.7. The number of likely N-dealkylation sites (tertiary alicyclic amines) is 1. The number of hydrogen-bond donors (Lipinski definition) is 0. The Bertz CT molecular complexity index is 1010. The highest BCUT2D eigenvalue weighted by atomic mass is 35.5. The SMILES string of the molecule is FC(F)(F)c1ccc(OC(CCN2CCC(Cc3ccccc3)CC2)c2ccc(Cl)cc2)cc1. The highest BCUT2D eigenvalue weighted by Crippen LogP contribution is 2.32. The molecule has 1 aliphatic heterocycles. The van der Waals surface area contributed by atoms with Crippen molar-refractivity contribution < 1.29 is 17.9 Å². The van der Waals surface area contributed by atoms with Gasteiger partial charge in [-0.15, -0.1) is 0 Å². The molecule has 1 heterocycles. The molecule has 0 bridgehead atoms. The van der Waals surface area contributed by atoms with Crippen molar-refractivity contribution in [1.82, 2.24) is 4.90 Å². The van der Waals surface area contributed by atoms with E-state index >= 15 is 0 Å². The molecule has 0 spiro atoms. The summed E-state index contributed by atoms with van der Waals surface area (Å²) in [6, 6.07) is 23.0. The second kappa shape index (κ2) is 11.3. The topological polar surface area (TPSA) is 12.5 Å². The van der Waals surface area contributed by atoms with E-state index in [-0.39, 0.29) is 6.10 Å². The summed E-state index contributed by atoms with van der Waals surface area (Å²) in [5, 5.41) is 0.637. The van der Waals surface area contributed by atoms with Crippen molar-refractivity contribution in [2.24, 2.45) is 5.92 Å². The lowest BCUT2D eigenvalue weighted by Gasteiger charge is -2.33. The lowest BCUT2D eigenvalue weighted by molar-refractivity contribution is -0.137. The molecule has 3 aromatic rings. The van der Waals surface area contributed by atoms with Crippen LogP contribution < -0.4 is 4.74 Å². The highest BCUT2D eigenvalue weighted by Gasteiger charge is 2.30. The molecule has 0 amide bonds. The monoisotopic (exact) mass is 487 g/mol. The van der Waals surface area contributed by atoms with Crippen LogP contribution in [0.5, 0.6) is 5.75 Å². The average molecular weight is 488 g/mol. The van der Waals surface area contributed by atoms with Gasteiger partial charge < -0.3 is 9.64 Å². The quantitative estimate of drug-likeness (QED) is 0.321. The van der Waals surface area contributed by atoms with Crippen LogP contribution in [0.2, 0.25) is 5.02 Å². The Balaban J connectivity index is 1.35. The Morgan fingerprint density at radius 3 is 2.15 bits per heavy atom. The highest BCUT2D eigenvalue weighted by molar-refractivity contribution is 6.30. The van der Waals surface area contributed by atoms with Crippen molar-refractivity contribution in [1.29, 1.82) is 0 Å². The Kier molecular flexibility index (Phi) is 8.17. The minimum Gasteiger partial charge on any atom is -0.486 e. The number of ether oxygens (including phenoxy) is 1.